The molecule has 1 aliphatic heterocycles. The fourth-order valence-electron chi connectivity index (χ4n) is 4.34. The normalized spacial score (nSPS) is 15.7. The highest BCUT2D eigenvalue weighted by molar-refractivity contribution is 7.89. The summed E-state index contributed by atoms with van der Waals surface area (Å²) >= 11 is 1.36. The van der Waals surface area contributed by atoms with Crippen molar-refractivity contribution in [1.82, 2.24) is 8.87 Å². The Hall–Kier alpha value is -3.02. The summed E-state index contributed by atoms with van der Waals surface area (Å²) < 4.78 is 40.4. The zero-order valence-corrected chi connectivity index (χ0v) is 22.8. The van der Waals surface area contributed by atoms with Gasteiger partial charge in [0, 0.05) is 19.0 Å². The van der Waals surface area contributed by atoms with Crippen molar-refractivity contribution in [2.75, 3.05) is 26.8 Å². The van der Waals surface area contributed by atoms with Crippen molar-refractivity contribution < 1.29 is 27.5 Å². The van der Waals surface area contributed by atoms with Gasteiger partial charge < -0.3 is 14.0 Å². The lowest BCUT2D eigenvalue weighted by molar-refractivity contribution is -0.143. The summed E-state index contributed by atoms with van der Waals surface area (Å²) in [6.07, 6.45) is 1.62. The van der Waals surface area contributed by atoms with E-state index in [1.54, 1.807) is 23.6 Å². The highest BCUT2D eigenvalue weighted by atomic mass is 32.2. The molecule has 0 bridgehead atoms. The van der Waals surface area contributed by atoms with Crippen LogP contribution in [0.5, 0.6) is 5.75 Å². The number of sulfonamides is 1. The topological polar surface area (TPSA) is 107 Å². The highest BCUT2D eigenvalue weighted by Crippen LogP contribution is 2.26. The maximum Gasteiger partial charge on any atom is 0.326 e. The van der Waals surface area contributed by atoms with E-state index >= 15 is 0 Å². The molecule has 0 atom stereocenters. The van der Waals surface area contributed by atoms with Crippen LogP contribution in [0.25, 0.3) is 10.2 Å². The largest absolute Gasteiger partial charge is 0.497 e. The number of ether oxygens (including phenoxy) is 2. The van der Waals surface area contributed by atoms with Crippen molar-refractivity contribution in [3.63, 3.8) is 0 Å². The van der Waals surface area contributed by atoms with Gasteiger partial charge in [0.05, 0.1) is 28.8 Å². The average molecular weight is 546 g/mol. The Balaban J connectivity index is 1.54. The van der Waals surface area contributed by atoms with Crippen LogP contribution < -0.4 is 9.54 Å². The molecule has 0 aliphatic carbocycles. The number of aromatic nitrogens is 1. The summed E-state index contributed by atoms with van der Waals surface area (Å²) in [6.45, 7) is 4.51. The van der Waals surface area contributed by atoms with E-state index in [9.17, 15) is 18.0 Å². The van der Waals surface area contributed by atoms with Crippen LogP contribution in [0.15, 0.2) is 52.4 Å². The molecular formula is C26H31N3O6S2. The molecule has 4 rings (SSSR count). The van der Waals surface area contributed by atoms with Crippen molar-refractivity contribution in [2.45, 2.75) is 44.6 Å². The average Bonchev–Trinajstić information content (AvgIpc) is 3.24. The molecule has 37 heavy (non-hydrogen) atoms. The number of esters is 1. The monoisotopic (exact) mass is 545 g/mol. The minimum Gasteiger partial charge on any atom is -0.497 e. The van der Waals surface area contributed by atoms with E-state index in [1.807, 2.05) is 18.2 Å². The van der Waals surface area contributed by atoms with Gasteiger partial charge in [-0.2, -0.15) is 9.30 Å². The predicted octanol–water partition coefficient (Wildman–Crippen LogP) is 3.37. The Morgan fingerprint density at radius 1 is 1.08 bits per heavy atom. The van der Waals surface area contributed by atoms with Crippen LogP contribution >= 0.6 is 11.3 Å². The number of benzene rings is 2. The Labute approximate surface area is 220 Å². The van der Waals surface area contributed by atoms with Crippen molar-refractivity contribution in [1.29, 1.82) is 0 Å². The molecule has 198 valence electrons. The van der Waals surface area contributed by atoms with Crippen LogP contribution in [-0.4, -0.2) is 56.0 Å². The van der Waals surface area contributed by atoms with Gasteiger partial charge in [0.15, 0.2) is 4.80 Å². The maximum atomic E-state index is 13.2. The first kappa shape index (κ1) is 27.0. The van der Waals surface area contributed by atoms with Crippen molar-refractivity contribution in [3.05, 3.63) is 52.8 Å². The van der Waals surface area contributed by atoms with Gasteiger partial charge in [-0.3, -0.25) is 9.59 Å². The molecule has 9 nitrogen and oxygen atoms in total. The number of aryl methyl sites for hydroxylation is 1. The van der Waals surface area contributed by atoms with Gasteiger partial charge >= 0.3 is 5.97 Å². The van der Waals surface area contributed by atoms with Crippen LogP contribution in [0.2, 0.25) is 0 Å². The third-order valence-corrected chi connectivity index (χ3v) is 9.41. The first-order valence-electron chi connectivity index (χ1n) is 12.3. The van der Waals surface area contributed by atoms with Gasteiger partial charge in [-0.15, -0.1) is 0 Å². The van der Waals surface area contributed by atoms with Crippen LogP contribution in [0, 0.1) is 5.92 Å². The number of hydrogen-bond donors (Lipinski definition) is 0. The molecule has 2 aromatic carbocycles. The molecule has 0 saturated carbocycles. The smallest absolute Gasteiger partial charge is 0.326 e. The molecule has 3 aromatic rings. The minimum absolute atomic E-state index is 0.0377. The second kappa shape index (κ2) is 11.6. The standard InChI is InChI=1S/C26H31N3O6S2/c1-4-18-6-11-22-23(16-18)36-26(29(22)17-24(30)35-5-2)27-25(31)19-12-14-28(15-13-19)37(32,33)21-9-7-20(34-3)8-10-21/h6-11,16,19H,4-5,12-15,17H2,1-3H3. The van der Waals surface area contributed by atoms with E-state index in [4.69, 9.17) is 9.47 Å². The summed E-state index contributed by atoms with van der Waals surface area (Å²) in [6, 6.07) is 12.3. The molecule has 0 spiro atoms. The Morgan fingerprint density at radius 3 is 2.41 bits per heavy atom. The van der Waals surface area contributed by atoms with Crippen molar-refractivity contribution >= 4 is 43.5 Å². The predicted molar refractivity (Wildman–Crippen MR) is 141 cm³/mol. The summed E-state index contributed by atoms with van der Waals surface area (Å²) in [5.41, 5.74) is 1.97. The van der Waals surface area contributed by atoms with Gasteiger partial charge in [0.25, 0.3) is 5.91 Å². The van der Waals surface area contributed by atoms with Crippen LogP contribution in [0.4, 0.5) is 0 Å². The molecule has 1 fully saturated rings. The second-order valence-corrected chi connectivity index (χ2v) is 11.7. The van der Waals surface area contributed by atoms with E-state index in [-0.39, 0.29) is 37.0 Å². The number of nitrogens with zero attached hydrogens (tertiary/aromatic N) is 3. The van der Waals surface area contributed by atoms with E-state index < -0.39 is 21.9 Å². The number of carbonyl (C=O) groups is 2. The van der Waals surface area contributed by atoms with Crippen LogP contribution in [0.1, 0.15) is 32.3 Å². The lowest BCUT2D eigenvalue weighted by Gasteiger charge is -2.29. The van der Waals surface area contributed by atoms with Gasteiger partial charge in [0.1, 0.15) is 12.3 Å². The second-order valence-electron chi connectivity index (χ2n) is 8.74. The lowest BCUT2D eigenvalue weighted by atomic mass is 9.98. The fraction of sp³-hybridized carbons (Fsp3) is 0.423. The SMILES string of the molecule is CCOC(=O)Cn1c(=NC(=O)C2CCN(S(=O)(=O)c3ccc(OC)cc3)CC2)sc2cc(CC)ccc21. The summed E-state index contributed by atoms with van der Waals surface area (Å²) in [4.78, 5) is 30.5. The van der Waals surface area contributed by atoms with Crippen LogP contribution in [-0.2, 0) is 37.3 Å². The number of thiazole rings is 1. The number of methoxy groups -OCH3 is 1. The third kappa shape index (κ3) is 5.94. The molecule has 2 heterocycles. The van der Waals surface area contributed by atoms with E-state index in [0.717, 1.165) is 22.2 Å². The molecule has 0 unspecified atom stereocenters. The number of piperidine rings is 1. The summed E-state index contributed by atoms with van der Waals surface area (Å²) in [7, 11) is -2.14. The van der Waals surface area contributed by atoms with E-state index in [0.29, 0.717) is 23.4 Å². The quantitative estimate of drug-likeness (QED) is 0.402. The number of hydrogen-bond acceptors (Lipinski definition) is 7. The summed E-state index contributed by atoms with van der Waals surface area (Å²) in [5.74, 6) is -0.513. The lowest BCUT2D eigenvalue weighted by Crippen LogP contribution is -2.40. The van der Waals surface area contributed by atoms with Gasteiger partial charge in [-0.25, -0.2) is 8.42 Å². The van der Waals surface area contributed by atoms with Gasteiger partial charge in [-0.05, 0) is 68.1 Å². The molecular weight excluding hydrogens is 514 g/mol. The molecule has 1 saturated heterocycles. The van der Waals surface area contributed by atoms with Gasteiger partial charge in [0.2, 0.25) is 10.0 Å². The Kier molecular flexibility index (Phi) is 8.46. The summed E-state index contributed by atoms with van der Waals surface area (Å²) in [5, 5.41) is 0. The van der Waals surface area contributed by atoms with Crippen molar-refractivity contribution in [2.24, 2.45) is 10.9 Å². The zero-order chi connectivity index (χ0) is 26.6. The first-order chi connectivity index (χ1) is 17.8. The van der Waals surface area contributed by atoms with Crippen molar-refractivity contribution in [3.8, 4) is 5.75 Å². The third-order valence-electron chi connectivity index (χ3n) is 6.45. The first-order valence-corrected chi connectivity index (χ1v) is 14.5. The van der Waals surface area contributed by atoms with E-state index in [2.05, 4.69) is 11.9 Å². The molecule has 1 amide bonds. The van der Waals surface area contributed by atoms with Gasteiger partial charge in [-0.1, -0.05) is 24.3 Å². The molecule has 0 radical (unpaired) electrons. The zero-order valence-electron chi connectivity index (χ0n) is 21.2. The van der Waals surface area contributed by atoms with Crippen LogP contribution in [0.3, 0.4) is 0 Å². The molecule has 0 N–H and O–H groups in total. The number of rotatable bonds is 8. The van der Waals surface area contributed by atoms with E-state index in [1.165, 1.54) is 34.9 Å². The molecule has 1 aromatic heterocycles. The number of fused-ring (bicyclic) bond motifs is 1. The number of amides is 1. The Bertz CT molecular complexity index is 1450. The maximum absolute atomic E-state index is 13.2. The fourth-order valence-corrected chi connectivity index (χ4v) is 6.91. The Morgan fingerprint density at radius 2 is 1.78 bits per heavy atom. The number of carbonyl (C=O) groups excluding carboxylic acids is 2. The molecule has 1 aliphatic rings. The molecule has 11 heteroatoms. The highest BCUT2D eigenvalue weighted by Gasteiger charge is 2.32. The minimum atomic E-state index is -3.66.